The Morgan fingerprint density at radius 2 is 1.14 bits per heavy atom. The summed E-state index contributed by atoms with van der Waals surface area (Å²) in [5.74, 6) is 0.165. The Kier molecular flexibility index (Phi) is 15.1. The lowest BCUT2D eigenvalue weighted by Crippen LogP contribution is -2.39. The van der Waals surface area contributed by atoms with E-state index in [0.717, 1.165) is 12.1 Å². The van der Waals surface area contributed by atoms with E-state index in [2.05, 4.69) is 55.7 Å². The van der Waals surface area contributed by atoms with E-state index in [4.69, 9.17) is 11.5 Å². The average molecular weight is 928 g/mol. The van der Waals surface area contributed by atoms with Crippen LogP contribution in [0.15, 0.2) is 143 Å². The molecule has 6 aromatic rings. The normalized spacial score (nSPS) is 13.0. The van der Waals surface area contributed by atoms with Gasteiger partial charge in [0.05, 0.1) is 29.3 Å². The van der Waals surface area contributed by atoms with Crippen LogP contribution < -0.4 is 21.7 Å². The summed E-state index contributed by atoms with van der Waals surface area (Å²) in [5.41, 5.74) is 15.6. The first kappa shape index (κ1) is 46.6. The molecular weight excluding hydrogens is 887 g/mol. The molecule has 0 fully saturated rings. The van der Waals surface area contributed by atoms with E-state index in [1.807, 2.05) is 0 Å². The number of hydrogen-bond donors (Lipinski definition) is 6. The summed E-state index contributed by atoms with van der Waals surface area (Å²) in [5, 5.41) is 43.6. The van der Waals surface area contributed by atoms with Crippen LogP contribution in [0, 0.1) is 0 Å². The molecule has 6 aromatic carbocycles. The SMILES string of the molecule is Nc1c(N=Nc2ccc(-c3ccc(N=Nc4cc(S(=O)(=O)O)c5ccccc5c4N)cc3CN=C([O-])CCN(CCS)CC([O-])=NCCS)cc2)cc(S(=O)(=O)O)c2ccccc12. The van der Waals surface area contributed by atoms with Crippen molar-refractivity contribution in [3.63, 3.8) is 0 Å². The van der Waals surface area contributed by atoms with Crippen LogP contribution in [-0.4, -0.2) is 80.3 Å². The molecule has 6 N–H and O–H groups in total. The number of aliphatic imine (C=N–C) groups is 2. The summed E-state index contributed by atoms with van der Waals surface area (Å²) in [7, 11) is -9.27. The van der Waals surface area contributed by atoms with Crippen LogP contribution in [0.5, 0.6) is 0 Å². The predicted molar refractivity (Wildman–Crippen MR) is 249 cm³/mol. The number of azo groups is 2. The third kappa shape index (κ3) is 11.8. The van der Waals surface area contributed by atoms with Gasteiger partial charge in [0.15, 0.2) is 0 Å². The molecule has 0 amide bonds. The Labute approximate surface area is 374 Å². The average Bonchev–Trinajstić information content (AvgIpc) is 3.26. The van der Waals surface area contributed by atoms with Gasteiger partial charge in [-0.25, -0.2) is 0 Å². The summed E-state index contributed by atoms with van der Waals surface area (Å²) in [6, 6.07) is 27.0. The lowest BCUT2D eigenvalue weighted by atomic mass is 9.99. The van der Waals surface area contributed by atoms with Crippen LogP contribution in [-0.2, 0) is 26.8 Å². The van der Waals surface area contributed by atoms with E-state index in [1.54, 1.807) is 83.8 Å². The number of hydrogen-bond acceptors (Lipinski definition) is 17. The van der Waals surface area contributed by atoms with Crippen molar-refractivity contribution in [1.82, 2.24) is 4.90 Å². The molecule has 63 heavy (non-hydrogen) atoms. The maximum Gasteiger partial charge on any atom is 0.295 e. The molecule has 17 nitrogen and oxygen atoms in total. The number of fused-ring (bicyclic) bond motifs is 2. The fourth-order valence-electron chi connectivity index (χ4n) is 6.61. The Hall–Kier alpha value is -5.94. The van der Waals surface area contributed by atoms with Crippen LogP contribution in [0.1, 0.15) is 12.0 Å². The number of nitrogen functional groups attached to an aromatic ring is 2. The lowest BCUT2D eigenvalue weighted by Gasteiger charge is -2.25. The van der Waals surface area contributed by atoms with Crippen molar-refractivity contribution in [3.8, 4) is 11.1 Å². The monoisotopic (exact) mass is 927 g/mol. The first-order valence-electron chi connectivity index (χ1n) is 19.1. The van der Waals surface area contributed by atoms with Crippen LogP contribution in [0.25, 0.3) is 32.7 Å². The summed E-state index contributed by atoms with van der Waals surface area (Å²) in [6.07, 6.45) is 0.0207. The van der Waals surface area contributed by atoms with Crippen molar-refractivity contribution in [3.05, 3.63) is 109 Å². The number of rotatable bonds is 18. The van der Waals surface area contributed by atoms with Crippen LogP contribution in [0.3, 0.4) is 0 Å². The van der Waals surface area contributed by atoms with Gasteiger partial charge < -0.3 is 31.7 Å². The second-order valence-corrected chi connectivity index (χ2v) is 17.6. The number of anilines is 2. The maximum absolute atomic E-state index is 13.2. The predicted octanol–water partition coefficient (Wildman–Crippen LogP) is 6.72. The molecule has 0 aliphatic heterocycles. The fraction of sp³-hybridized carbons (Fsp3) is 0.190. The quantitative estimate of drug-likeness (QED) is 0.0131. The van der Waals surface area contributed by atoms with Crippen molar-refractivity contribution < 1.29 is 36.2 Å². The van der Waals surface area contributed by atoms with Gasteiger partial charge in [-0.15, -0.1) is 10.2 Å². The van der Waals surface area contributed by atoms with Crippen molar-refractivity contribution in [2.45, 2.75) is 22.8 Å². The van der Waals surface area contributed by atoms with Gasteiger partial charge in [-0.05, 0) is 71.3 Å². The molecule has 6 rings (SSSR count). The lowest BCUT2D eigenvalue weighted by molar-refractivity contribution is -0.222. The van der Waals surface area contributed by atoms with Crippen LogP contribution in [0.4, 0.5) is 34.1 Å². The van der Waals surface area contributed by atoms with E-state index < -0.39 is 26.1 Å². The van der Waals surface area contributed by atoms with Gasteiger partial charge in [-0.3, -0.25) is 14.0 Å². The molecule has 0 bridgehead atoms. The molecular formula is C42H41N9O8S4-2. The molecule has 328 valence electrons. The van der Waals surface area contributed by atoms with E-state index in [9.17, 15) is 36.2 Å². The topological polar surface area (TPSA) is 284 Å². The number of nitrogens with two attached hydrogens (primary N) is 2. The van der Waals surface area contributed by atoms with Gasteiger partial charge in [0.1, 0.15) is 21.2 Å². The van der Waals surface area contributed by atoms with Gasteiger partial charge in [0.25, 0.3) is 20.2 Å². The molecule has 0 heterocycles. The molecule has 0 saturated carbocycles. The smallest absolute Gasteiger partial charge is 0.295 e. The zero-order valence-electron chi connectivity index (χ0n) is 33.3. The molecule has 0 saturated heterocycles. The summed E-state index contributed by atoms with van der Waals surface area (Å²) in [6.45, 7) is 0.955. The molecule has 0 aromatic heterocycles. The van der Waals surface area contributed by atoms with Crippen LogP contribution >= 0.6 is 25.3 Å². The summed E-state index contributed by atoms with van der Waals surface area (Å²) in [4.78, 5) is 9.30. The standard InChI is InChI=1S/C42H43N9O8S4/c43-41-33-7-3-1-5-31(33)37(62(54,55)56)22-35(41)49-47-28-11-9-26(10-12-28)30-14-13-29(48-50-36-23-38(63(57,58)59)32-6-2-4-8-34(32)42(36)44)21-27(30)24-46-39(52)15-17-51(18-20-61)25-40(53)45-16-19-60/h1-14,21-23,60-61H,15-20,24-25,43-44H2,(H,45,53)(H,46,52)(H,54,55,56)(H,57,58,59)/p-2. The van der Waals surface area contributed by atoms with Gasteiger partial charge in [0, 0.05) is 59.2 Å². The van der Waals surface area contributed by atoms with Crippen molar-refractivity contribution in [2.24, 2.45) is 30.4 Å². The molecule has 21 heteroatoms. The maximum atomic E-state index is 13.2. The Balaban J connectivity index is 1.32. The minimum Gasteiger partial charge on any atom is -0.862 e. The van der Waals surface area contributed by atoms with Crippen molar-refractivity contribution in [1.29, 1.82) is 0 Å². The molecule has 0 radical (unpaired) electrons. The number of benzene rings is 6. The van der Waals surface area contributed by atoms with E-state index in [0.29, 0.717) is 63.4 Å². The number of nitrogens with zero attached hydrogens (tertiary/aromatic N) is 7. The third-order valence-electron chi connectivity index (χ3n) is 9.65. The first-order valence-corrected chi connectivity index (χ1v) is 23.2. The third-order valence-corrected chi connectivity index (χ3v) is 11.8. The van der Waals surface area contributed by atoms with Crippen molar-refractivity contribution in [2.75, 3.05) is 49.2 Å². The summed E-state index contributed by atoms with van der Waals surface area (Å²) >= 11 is 8.36. The molecule has 0 unspecified atom stereocenters. The minimum absolute atomic E-state index is 0.00102. The fourth-order valence-corrected chi connectivity index (χ4v) is 8.43. The second-order valence-electron chi connectivity index (χ2n) is 13.9. The highest BCUT2D eigenvalue weighted by molar-refractivity contribution is 7.86. The second kappa shape index (κ2) is 20.5. The highest BCUT2D eigenvalue weighted by atomic mass is 32.2. The molecule has 0 atom stereocenters. The van der Waals surface area contributed by atoms with Gasteiger partial charge in [-0.1, -0.05) is 66.7 Å². The van der Waals surface area contributed by atoms with Gasteiger partial charge in [-0.2, -0.15) is 52.3 Å². The van der Waals surface area contributed by atoms with Crippen molar-refractivity contribution >= 4 is 113 Å². The highest BCUT2D eigenvalue weighted by Crippen LogP contribution is 2.39. The minimum atomic E-state index is -4.65. The molecule has 0 aliphatic carbocycles. The number of thiol groups is 2. The largest absolute Gasteiger partial charge is 0.862 e. The Bertz CT molecular complexity index is 3000. The van der Waals surface area contributed by atoms with E-state index >= 15 is 0 Å². The summed E-state index contributed by atoms with van der Waals surface area (Å²) < 4.78 is 68.8. The highest BCUT2D eigenvalue weighted by Gasteiger charge is 2.20. The van der Waals surface area contributed by atoms with Gasteiger partial charge >= 0.3 is 0 Å². The molecule has 0 spiro atoms. The van der Waals surface area contributed by atoms with Crippen LogP contribution in [0.2, 0.25) is 0 Å². The van der Waals surface area contributed by atoms with E-state index in [-0.39, 0.29) is 75.3 Å². The zero-order valence-corrected chi connectivity index (χ0v) is 36.7. The first-order chi connectivity index (χ1) is 30.1. The Morgan fingerprint density at radius 3 is 1.67 bits per heavy atom. The van der Waals surface area contributed by atoms with Gasteiger partial charge in [0.2, 0.25) is 0 Å². The molecule has 0 aliphatic rings. The van der Waals surface area contributed by atoms with E-state index in [1.165, 1.54) is 12.1 Å². The zero-order chi connectivity index (χ0) is 45.3. The Morgan fingerprint density at radius 1 is 0.619 bits per heavy atom.